The molecular formula is C13H17N. The summed E-state index contributed by atoms with van der Waals surface area (Å²) < 4.78 is 0. The first-order chi connectivity index (χ1) is 6.77. The molecule has 2 aliphatic carbocycles. The number of rotatable bonds is 0. The Hall–Kier alpha value is -0.980. The van der Waals surface area contributed by atoms with Gasteiger partial charge in [-0.25, -0.2) is 0 Å². The van der Waals surface area contributed by atoms with E-state index in [-0.39, 0.29) is 0 Å². The minimum atomic E-state index is 0.794. The van der Waals surface area contributed by atoms with Crippen molar-refractivity contribution in [1.82, 2.24) is 0 Å². The number of hydrogen-bond acceptors (Lipinski definition) is 1. The Morgan fingerprint density at radius 3 is 2.93 bits per heavy atom. The normalized spacial score (nSPS) is 34.2. The molecule has 0 amide bonds. The van der Waals surface area contributed by atoms with Gasteiger partial charge in [-0.05, 0) is 47.8 Å². The Kier molecular flexibility index (Phi) is 1.64. The molecule has 14 heavy (non-hydrogen) atoms. The number of hydrogen-bond donors (Lipinski definition) is 1. The molecule has 2 aliphatic rings. The second-order valence-electron chi connectivity index (χ2n) is 4.98. The van der Waals surface area contributed by atoms with Crippen LogP contribution in [0, 0.1) is 5.92 Å². The van der Waals surface area contributed by atoms with Crippen molar-refractivity contribution in [3.63, 3.8) is 0 Å². The fourth-order valence-electron chi connectivity index (χ4n) is 3.33. The summed E-state index contributed by atoms with van der Waals surface area (Å²) in [6.07, 6.45) is 4.11. The molecular weight excluding hydrogens is 170 g/mol. The van der Waals surface area contributed by atoms with Crippen molar-refractivity contribution in [2.24, 2.45) is 5.92 Å². The van der Waals surface area contributed by atoms with Crippen LogP contribution in [0.15, 0.2) is 18.2 Å². The zero-order valence-electron chi connectivity index (χ0n) is 8.66. The molecule has 1 saturated carbocycles. The van der Waals surface area contributed by atoms with E-state index in [9.17, 15) is 0 Å². The van der Waals surface area contributed by atoms with Crippen LogP contribution in [0.25, 0.3) is 0 Å². The third kappa shape index (κ3) is 0.956. The van der Waals surface area contributed by atoms with Gasteiger partial charge >= 0.3 is 0 Å². The summed E-state index contributed by atoms with van der Waals surface area (Å²) in [6.45, 7) is 2.38. The molecule has 0 spiro atoms. The van der Waals surface area contributed by atoms with Crippen molar-refractivity contribution in [1.29, 1.82) is 0 Å². The number of nitrogens with two attached hydrogens (primary N) is 1. The molecule has 0 aromatic heterocycles. The minimum absolute atomic E-state index is 0.794. The molecule has 2 N–H and O–H groups in total. The summed E-state index contributed by atoms with van der Waals surface area (Å²) in [4.78, 5) is 0. The molecule has 3 atom stereocenters. The van der Waals surface area contributed by atoms with Gasteiger partial charge in [0.05, 0.1) is 0 Å². The summed E-state index contributed by atoms with van der Waals surface area (Å²) in [5.74, 6) is 2.53. The smallest absolute Gasteiger partial charge is 0.0352 e. The van der Waals surface area contributed by atoms with Gasteiger partial charge in [0.15, 0.2) is 0 Å². The molecule has 1 fully saturated rings. The molecule has 0 radical (unpaired) electrons. The maximum absolute atomic E-state index is 6.01. The van der Waals surface area contributed by atoms with Crippen LogP contribution in [0.1, 0.15) is 49.1 Å². The summed E-state index contributed by atoms with van der Waals surface area (Å²) in [6, 6.07) is 6.42. The predicted octanol–water partition coefficient (Wildman–Crippen LogP) is 3.27. The SMILES string of the molecule is CC1CCC2c3c(N)cccc3C2C1. The average molecular weight is 187 g/mol. The molecule has 1 nitrogen and oxygen atoms in total. The van der Waals surface area contributed by atoms with Gasteiger partial charge in [0, 0.05) is 5.69 Å². The van der Waals surface area contributed by atoms with Crippen LogP contribution in [0.3, 0.4) is 0 Å². The maximum Gasteiger partial charge on any atom is 0.0352 e. The second kappa shape index (κ2) is 2.75. The lowest BCUT2D eigenvalue weighted by atomic mass is 9.59. The third-order valence-electron chi connectivity index (χ3n) is 4.06. The number of benzene rings is 1. The lowest BCUT2D eigenvalue weighted by Crippen LogP contribution is -2.31. The monoisotopic (exact) mass is 187 g/mol. The zero-order chi connectivity index (χ0) is 9.71. The molecule has 0 bridgehead atoms. The Labute approximate surface area is 85.3 Å². The second-order valence-corrected chi connectivity index (χ2v) is 4.98. The van der Waals surface area contributed by atoms with Crippen molar-refractivity contribution >= 4 is 5.69 Å². The Balaban J connectivity index is 2.01. The van der Waals surface area contributed by atoms with Crippen molar-refractivity contribution in [2.45, 2.75) is 38.0 Å². The van der Waals surface area contributed by atoms with Gasteiger partial charge in [-0.2, -0.15) is 0 Å². The predicted molar refractivity (Wildman–Crippen MR) is 59.4 cm³/mol. The van der Waals surface area contributed by atoms with Crippen LogP contribution in [-0.4, -0.2) is 0 Å². The Morgan fingerprint density at radius 1 is 1.21 bits per heavy atom. The Morgan fingerprint density at radius 2 is 2.07 bits per heavy atom. The first-order valence-electron chi connectivity index (χ1n) is 5.65. The van der Waals surface area contributed by atoms with Crippen molar-refractivity contribution in [3.8, 4) is 0 Å². The third-order valence-corrected chi connectivity index (χ3v) is 4.06. The van der Waals surface area contributed by atoms with Gasteiger partial charge in [0.25, 0.3) is 0 Å². The van der Waals surface area contributed by atoms with Gasteiger partial charge in [0.1, 0.15) is 0 Å². The average Bonchev–Trinajstić information content (AvgIpc) is 2.16. The van der Waals surface area contributed by atoms with Crippen molar-refractivity contribution < 1.29 is 0 Å². The van der Waals surface area contributed by atoms with Crippen LogP contribution in [0.5, 0.6) is 0 Å². The van der Waals surface area contributed by atoms with Gasteiger partial charge in [0.2, 0.25) is 0 Å². The van der Waals surface area contributed by atoms with E-state index in [1.807, 2.05) is 6.07 Å². The van der Waals surface area contributed by atoms with Gasteiger partial charge in [-0.3, -0.25) is 0 Å². The fourth-order valence-corrected chi connectivity index (χ4v) is 3.33. The van der Waals surface area contributed by atoms with E-state index < -0.39 is 0 Å². The largest absolute Gasteiger partial charge is 0.398 e. The number of fused-ring (bicyclic) bond motifs is 4. The molecule has 0 heterocycles. The molecule has 1 aromatic carbocycles. The lowest BCUT2D eigenvalue weighted by Gasteiger charge is -2.45. The molecule has 3 unspecified atom stereocenters. The van der Waals surface area contributed by atoms with Gasteiger partial charge in [-0.1, -0.05) is 25.5 Å². The quantitative estimate of drug-likeness (QED) is 0.620. The van der Waals surface area contributed by atoms with Crippen LogP contribution >= 0.6 is 0 Å². The molecule has 1 heteroatoms. The van der Waals surface area contributed by atoms with E-state index in [1.54, 1.807) is 5.56 Å². The van der Waals surface area contributed by atoms with E-state index in [0.717, 1.165) is 23.4 Å². The van der Waals surface area contributed by atoms with E-state index in [0.29, 0.717) is 0 Å². The topological polar surface area (TPSA) is 26.0 Å². The van der Waals surface area contributed by atoms with Crippen LogP contribution in [0.4, 0.5) is 5.69 Å². The molecule has 74 valence electrons. The first-order valence-corrected chi connectivity index (χ1v) is 5.65. The van der Waals surface area contributed by atoms with E-state index in [2.05, 4.69) is 19.1 Å². The number of nitrogen functional groups attached to an aromatic ring is 1. The number of anilines is 1. The van der Waals surface area contributed by atoms with Crippen molar-refractivity contribution in [3.05, 3.63) is 29.3 Å². The van der Waals surface area contributed by atoms with E-state index in [4.69, 9.17) is 5.73 Å². The van der Waals surface area contributed by atoms with Crippen molar-refractivity contribution in [2.75, 3.05) is 5.73 Å². The summed E-state index contributed by atoms with van der Waals surface area (Å²) in [5.41, 5.74) is 10.1. The van der Waals surface area contributed by atoms with Crippen LogP contribution in [-0.2, 0) is 0 Å². The standard InChI is InChI=1S/C13H17N/c1-8-5-6-10-11(7-8)9-3-2-4-12(14)13(9)10/h2-4,8,10-11H,5-7,14H2,1H3. The fraction of sp³-hybridized carbons (Fsp3) is 0.538. The first kappa shape index (κ1) is 8.34. The zero-order valence-corrected chi connectivity index (χ0v) is 8.66. The maximum atomic E-state index is 6.01. The molecule has 1 aromatic rings. The van der Waals surface area contributed by atoms with Gasteiger partial charge < -0.3 is 5.73 Å². The minimum Gasteiger partial charge on any atom is -0.398 e. The van der Waals surface area contributed by atoms with Crippen LogP contribution in [0.2, 0.25) is 0 Å². The highest BCUT2D eigenvalue weighted by Gasteiger charge is 2.41. The van der Waals surface area contributed by atoms with E-state index in [1.165, 1.54) is 24.8 Å². The highest BCUT2D eigenvalue weighted by molar-refractivity contribution is 5.60. The summed E-state index contributed by atoms with van der Waals surface area (Å²) in [5, 5.41) is 0. The van der Waals surface area contributed by atoms with E-state index >= 15 is 0 Å². The highest BCUT2D eigenvalue weighted by Crippen LogP contribution is 2.57. The summed E-state index contributed by atoms with van der Waals surface area (Å²) >= 11 is 0. The molecule has 3 rings (SSSR count). The van der Waals surface area contributed by atoms with Crippen LogP contribution < -0.4 is 5.73 Å². The summed E-state index contributed by atoms with van der Waals surface area (Å²) in [7, 11) is 0. The highest BCUT2D eigenvalue weighted by atomic mass is 14.6. The molecule has 0 aliphatic heterocycles. The molecule has 0 saturated heterocycles. The lowest BCUT2D eigenvalue weighted by molar-refractivity contribution is 0.274. The Bertz CT molecular complexity index is 369. The van der Waals surface area contributed by atoms with Gasteiger partial charge in [-0.15, -0.1) is 0 Å².